The first-order valence-corrected chi connectivity index (χ1v) is 8.03. The van der Waals surface area contributed by atoms with Crippen LogP contribution in [0.15, 0.2) is 59.5 Å². The van der Waals surface area contributed by atoms with Crippen molar-refractivity contribution in [3.05, 3.63) is 60.2 Å². The minimum atomic E-state index is -3.75. The van der Waals surface area contributed by atoms with E-state index in [4.69, 9.17) is 4.18 Å². The van der Waals surface area contributed by atoms with Crippen LogP contribution in [0, 0.1) is 0 Å². The van der Waals surface area contributed by atoms with Crippen LogP contribution in [-0.4, -0.2) is 8.42 Å². The quantitative estimate of drug-likeness (QED) is 0.783. The monoisotopic (exact) mass is 290 g/mol. The maximum absolute atomic E-state index is 12.1. The predicted octanol–water partition coefficient (Wildman–Crippen LogP) is 3.97. The third-order valence-corrected chi connectivity index (χ3v) is 4.56. The van der Waals surface area contributed by atoms with Gasteiger partial charge in [-0.15, -0.1) is 0 Å². The average Bonchev–Trinajstić information content (AvgIpc) is 2.48. The van der Waals surface area contributed by atoms with Crippen molar-refractivity contribution in [2.75, 3.05) is 0 Å². The molecule has 0 aliphatic rings. The summed E-state index contributed by atoms with van der Waals surface area (Å²) in [6, 6.07) is 15.3. The molecule has 2 rings (SSSR count). The van der Waals surface area contributed by atoms with Crippen LogP contribution >= 0.6 is 0 Å². The first-order valence-electron chi connectivity index (χ1n) is 6.62. The summed E-state index contributed by atoms with van der Waals surface area (Å²) in [5, 5.41) is 0. The van der Waals surface area contributed by atoms with Crippen molar-refractivity contribution in [3.63, 3.8) is 0 Å². The van der Waals surface area contributed by atoms with Gasteiger partial charge < -0.3 is 4.18 Å². The van der Waals surface area contributed by atoms with Crippen LogP contribution in [0.25, 0.3) is 0 Å². The summed E-state index contributed by atoms with van der Waals surface area (Å²) < 4.78 is 29.2. The average molecular weight is 290 g/mol. The Morgan fingerprint density at radius 2 is 1.60 bits per heavy atom. The van der Waals surface area contributed by atoms with Gasteiger partial charge in [-0.3, -0.25) is 0 Å². The van der Waals surface area contributed by atoms with Gasteiger partial charge in [0.05, 0.1) is 0 Å². The van der Waals surface area contributed by atoms with Crippen molar-refractivity contribution < 1.29 is 12.6 Å². The van der Waals surface area contributed by atoms with Gasteiger partial charge in [0, 0.05) is 0 Å². The Labute approximate surface area is 120 Å². The van der Waals surface area contributed by atoms with Crippen LogP contribution < -0.4 is 4.18 Å². The van der Waals surface area contributed by atoms with Gasteiger partial charge in [0.25, 0.3) is 0 Å². The molecule has 0 bridgehead atoms. The highest BCUT2D eigenvalue weighted by molar-refractivity contribution is 7.87. The minimum absolute atomic E-state index is 0.158. The van der Waals surface area contributed by atoms with E-state index in [9.17, 15) is 8.42 Å². The van der Waals surface area contributed by atoms with Gasteiger partial charge in [-0.1, -0.05) is 44.2 Å². The van der Waals surface area contributed by atoms with Crippen LogP contribution in [0.1, 0.15) is 31.7 Å². The molecule has 0 fully saturated rings. The number of hydrogen-bond acceptors (Lipinski definition) is 3. The first-order chi connectivity index (χ1) is 9.53. The third-order valence-electron chi connectivity index (χ3n) is 3.30. The predicted molar refractivity (Wildman–Crippen MR) is 79.4 cm³/mol. The molecule has 20 heavy (non-hydrogen) atoms. The second-order valence-electron chi connectivity index (χ2n) is 4.73. The smallest absolute Gasteiger partial charge is 0.339 e. The Morgan fingerprint density at radius 1 is 1.00 bits per heavy atom. The SMILES string of the molecule is CCC(C)c1ccc(OS(=O)(=O)c2ccccc2)cc1. The number of benzene rings is 2. The Hall–Kier alpha value is -1.81. The van der Waals surface area contributed by atoms with E-state index in [0.29, 0.717) is 11.7 Å². The fourth-order valence-electron chi connectivity index (χ4n) is 1.85. The molecule has 2 aromatic rings. The molecule has 106 valence electrons. The lowest BCUT2D eigenvalue weighted by molar-refractivity contribution is 0.486. The summed E-state index contributed by atoms with van der Waals surface area (Å²) in [7, 11) is -3.75. The highest BCUT2D eigenvalue weighted by Crippen LogP contribution is 2.23. The normalized spacial score (nSPS) is 12.9. The summed E-state index contributed by atoms with van der Waals surface area (Å²) in [4.78, 5) is 0.158. The molecule has 3 nitrogen and oxygen atoms in total. The van der Waals surface area contributed by atoms with E-state index in [-0.39, 0.29) is 4.90 Å². The molecular weight excluding hydrogens is 272 g/mol. The largest absolute Gasteiger partial charge is 0.379 e. The van der Waals surface area contributed by atoms with Crippen LogP contribution in [-0.2, 0) is 10.1 Å². The van der Waals surface area contributed by atoms with E-state index in [2.05, 4.69) is 13.8 Å². The molecule has 0 spiro atoms. The van der Waals surface area contributed by atoms with Crippen LogP contribution in [0.4, 0.5) is 0 Å². The molecule has 0 radical (unpaired) electrons. The van der Waals surface area contributed by atoms with Gasteiger partial charge in [-0.05, 0) is 42.2 Å². The molecule has 0 aliphatic heterocycles. The van der Waals surface area contributed by atoms with Crippen LogP contribution in [0.3, 0.4) is 0 Å². The van der Waals surface area contributed by atoms with Gasteiger partial charge in [0.2, 0.25) is 0 Å². The lowest BCUT2D eigenvalue weighted by Crippen LogP contribution is -2.09. The topological polar surface area (TPSA) is 43.4 Å². The van der Waals surface area contributed by atoms with Crippen LogP contribution in [0.5, 0.6) is 5.75 Å². The second-order valence-corrected chi connectivity index (χ2v) is 6.28. The molecule has 0 N–H and O–H groups in total. The zero-order valence-electron chi connectivity index (χ0n) is 11.6. The van der Waals surface area contributed by atoms with Gasteiger partial charge in [-0.25, -0.2) is 0 Å². The number of hydrogen-bond donors (Lipinski definition) is 0. The van der Waals surface area contributed by atoms with Crippen LogP contribution in [0.2, 0.25) is 0 Å². The zero-order valence-corrected chi connectivity index (χ0v) is 12.4. The summed E-state index contributed by atoms with van der Waals surface area (Å²) in [5.41, 5.74) is 1.18. The molecule has 0 heterocycles. The van der Waals surface area contributed by atoms with Gasteiger partial charge in [-0.2, -0.15) is 8.42 Å². The van der Waals surface area contributed by atoms with Crippen molar-refractivity contribution >= 4 is 10.1 Å². The van der Waals surface area contributed by atoms with Crippen molar-refractivity contribution in [1.29, 1.82) is 0 Å². The molecule has 0 amide bonds. The molecule has 2 aromatic carbocycles. The number of rotatable bonds is 5. The Kier molecular flexibility index (Phi) is 4.45. The lowest BCUT2D eigenvalue weighted by Gasteiger charge is -2.10. The van der Waals surface area contributed by atoms with E-state index in [1.54, 1.807) is 30.3 Å². The third kappa shape index (κ3) is 3.39. The molecule has 1 atom stereocenters. The van der Waals surface area contributed by atoms with Gasteiger partial charge in [0.1, 0.15) is 10.6 Å². The van der Waals surface area contributed by atoms with Gasteiger partial charge in [0.15, 0.2) is 0 Å². The summed E-state index contributed by atoms with van der Waals surface area (Å²) in [6.45, 7) is 4.26. The molecule has 1 unspecified atom stereocenters. The summed E-state index contributed by atoms with van der Waals surface area (Å²) >= 11 is 0. The summed E-state index contributed by atoms with van der Waals surface area (Å²) in [5.74, 6) is 0.788. The molecular formula is C16H18O3S. The fraction of sp³-hybridized carbons (Fsp3) is 0.250. The van der Waals surface area contributed by atoms with Crippen molar-refractivity contribution in [3.8, 4) is 5.75 Å². The highest BCUT2D eigenvalue weighted by atomic mass is 32.2. The van der Waals surface area contributed by atoms with E-state index < -0.39 is 10.1 Å². The first kappa shape index (κ1) is 14.6. The van der Waals surface area contributed by atoms with E-state index in [1.165, 1.54) is 17.7 Å². The minimum Gasteiger partial charge on any atom is -0.379 e. The second kappa shape index (κ2) is 6.09. The molecule has 0 saturated heterocycles. The van der Waals surface area contributed by atoms with Crippen molar-refractivity contribution in [2.24, 2.45) is 0 Å². The van der Waals surface area contributed by atoms with E-state index in [1.807, 2.05) is 12.1 Å². The van der Waals surface area contributed by atoms with E-state index >= 15 is 0 Å². The van der Waals surface area contributed by atoms with Crippen molar-refractivity contribution in [2.45, 2.75) is 31.1 Å². The summed E-state index contributed by atoms with van der Waals surface area (Å²) in [6.07, 6.45) is 1.04. The Bertz CT molecular complexity index is 646. The molecule has 0 aliphatic carbocycles. The lowest BCUT2D eigenvalue weighted by atomic mass is 9.99. The Morgan fingerprint density at radius 3 is 2.15 bits per heavy atom. The maximum Gasteiger partial charge on any atom is 0.339 e. The van der Waals surface area contributed by atoms with Crippen molar-refractivity contribution in [1.82, 2.24) is 0 Å². The maximum atomic E-state index is 12.1. The van der Waals surface area contributed by atoms with Gasteiger partial charge >= 0.3 is 10.1 Å². The zero-order chi connectivity index (χ0) is 14.6. The van der Waals surface area contributed by atoms with E-state index in [0.717, 1.165) is 6.42 Å². The molecule has 0 aromatic heterocycles. The Balaban J connectivity index is 2.18. The fourth-order valence-corrected chi connectivity index (χ4v) is 2.80. The standard InChI is InChI=1S/C16H18O3S/c1-3-13(2)14-9-11-15(12-10-14)19-20(17,18)16-7-5-4-6-8-16/h4-13H,3H2,1-2H3. The molecule has 4 heteroatoms. The molecule has 0 saturated carbocycles. The highest BCUT2D eigenvalue weighted by Gasteiger charge is 2.16.